The average Bonchev–Trinajstić information content (AvgIpc) is 3.44. The Kier molecular flexibility index (Phi) is 8.39. The molecule has 10 heteroatoms. The molecule has 0 saturated carbocycles. The smallest absolute Gasteiger partial charge is 0.265 e. The van der Waals surface area contributed by atoms with E-state index in [-0.39, 0.29) is 31.0 Å². The van der Waals surface area contributed by atoms with Crippen LogP contribution in [0.3, 0.4) is 0 Å². The second kappa shape index (κ2) is 11.1. The maximum absolute atomic E-state index is 13.5. The number of likely N-dealkylation sites (tertiary alicyclic amines) is 1. The number of thiazole rings is 1. The van der Waals surface area contributed by atoms with Gasteiger partial charge in [-0.25, -0.2) is 4.98 Å². The van der Waals surface area contributed by atoms with Gasteiger partial charge in [0.2, 0.25) is 11.8 Å². The molecular weight excluding hydrogens is 478 g/mol. The number of carbonyl (C=O) groups is 4. The third kappa shape index (κ3) is 6.23. The lowest BCUT2D eigenvalue weighted by atomic mass is 9.85. The molecule has 3 rings (SSSR count). The van der Waals surface area contributed by atoms with Crippen LogP contribution >= 0.6 is 11.3 Å². The first-order valence-corrected chi connectivity index (χ1v) is 12.6. The summed E-state index contributed by atoms with van der Waals surface area (Å²) in [4.78, 5) is 61.8. The van der Waals surface area contributed by atoms with Crippen molar-refractivity contribution in [2.75, 3.05) is 13.6 Å². The van der Waals surface area contributed by atoms with Gasteiger partial charge in [0.05, 0.1) is 28.3 Å². The van der Waals surface area contributed by atoms with Gasteiger partial charge in [-0.05, 0) is 30.4 Å². The summed E-state index contributed by atoms with van der Waals surface area (Å²) >= 11 is 1.57. The predicted octanol–water partition coefficient (Wildman–Crippen LogP) is 2.53. The molecule has 2 unspecified atom stereocenters. The summed E-state index contributed by atoms with van der Waals surface area (Å²) in [6, 6.07) is 5.97. The number of nitrogens with zero attached hydrogens (tertiary/aromatic N) is 3. The van der Waals surface area contributed by atoms with E-state index in [1.807, 2.05) is 57.5 Å². The van der Waals surface area contributed by atoms with Gasteiger partial charge in [-0.3, -0.25) is 24.2 Å². The molecule has 2 heterocycles. The van der Waals surface area contributed by atoms with E-state index in [1.54, 1.807) is 18.3 Å². The Bertz CT molecular complexity index is 1180. The summed E-state index contributed by atoms with van der Waals surface area (Å²) < 4.78 is 0. The van der Waals surface area contributed by atoms with Crippen LogP contribution < -0.4 is 10.6 Å². The quantitative estimate of drug-likeness (QED) is 0.554. The number of nitrogens with one attached hydrogen (secondary N) is 2. The van der Waals surface area contributed by atoms with Crippen LogP contribution in [0.2, 0.25) is 0 Å². The van der Waals surface area contributed by atoms with Gasteiger partial charge < -0.3 is 15.5 Å². The van der Waals surface area contributed by atoms with Gasteiger partial charge in [-0.2, -0.15) is 0 Å². The number of aryl methyl sites for hydroxylation is 1. The van der Waals surface area contributed by atoms with Crippen molar-refractivity contribution in [2.24, 2.45) is 10.4 Å². The summed E-state index contributed by atoms with van der Waals surface area (Å²) in [5, 5.41) is 5.59. The minimum Gasteiger partial charge on any atom is -0.350 e. The molecule has 0 spiro atoms. The van der Waals surface area contributed by atoms with Crippen LogP contribution in [0.15, 0.2) is 34.8 Å². The maximum atomic E-state index is 13.5. The third-order valence-electron chi connectivity index (χ3n) is 6.21. The molecule has 2 atom stereocenters. The number of ketones is 1. The van der Waals surface area contributed by atoms with Crippen LogP contribution in [0.25, 0.3) is 10.4 Å². The minimum atomic E-state index is -0.925. The van der Waals surface area contributed by atoms with Crippen molar-refractivity contribution in [3.63, 3.8) is 0 Å². The number of carbonyl (C=O) groups excluding carboxylic acids is 4. The lowest BCUT2D eigenvalue weighted by Gasteiger charge is -2.35. The number of rotatable bonds is 7. The first-order chi connectivity index (χ1) is 16.9. The standard InChI is InChI=1S/C26H33N5O4S/c1-15-21(36-14-29-15)18-9-7-17(8-10-18)12-28-24(34)20-11-19(32)13-31(20)25(35)22(26(3,4)5)30-23(33)16(2)27-6/h7-10,14,20,22H,11-13H2,1-6H3,(H,28,34)(H,30,33). The Morgan fingerprint density at radius 2 is 1.89 bits per heavy atom. The van der Waals surface area contributed by atoms with Crippen molar-refractivity contribution in [1.29, 1.82) is 0 Å². The molecule has 2 N–H and O–H groups in total. The molecule has 0 bridgehead atoms. The van der Waals surface area contributed by atoms with Crippen LogP contribution in [0.5, 0.6) is 0 Å². The van der Waals surface area contributed by atoms with Crippen LogP contribution in [0.1, 0.15) is 45.4 Å². The molecule has 0 radical (unpaired) electrons. The lowest BCUT2D eigenvalue weighted by Crippen LogP contribution is -2.58. The zero-order chi connectivity index (χ0) is 26.6. The highest BCUT2D eigenvalue weighted by atomic mass is 32.1. The first-order valence-electron chi connectivity index (χ1n) is 11.8. The van der Waals surface area contributed by atoms with Gasteiger partial charge in [0, 0.05) is 20.0 Å². The van der Waals surface area contributed by atoms with E-state index in [1.165, 1.54) is 11.9 Å². The van der Waals surface area contributed by atoms with Crippen LogP contribution in [-0.2, 0) is 25.7 Å². The summed E-state index contributed by atoms with van der Waals surface area (Å²) in [5.74, 6) is -1.52. The fourth-order valence-corrected chi connectivity index (χ4v) is 4.78. The highest BCUT2D eigenvalue weighted by Crippen LogP contribution is 2.27. The van der Waals surface area contributed by atoms with Gasteiger partial charge in [-0.1, -0.05) is 45.0 Å². The number of benzene rings is 1. The SMILES string of the molecule is CN=C(C)C(=O)NC(C(=O)N1CC(=O)CC1C(=O)NCc1ccc(-c2scnc2C)cc1)C(C)(C)C. The maximum Gasteiger partial charge on any atom is 0.265 e. The van der Waals surface area contributed by atoms with Crippen LogP contribution in [-0.4, -0.2) is 64.8 Å². The summed E-state index contributed by atoms with van der Waals surface area (Å²) in [7, 11) is 1.50. The van der Waals surface area contributed by atoms with Crippen molar-refractivity contribution in [1.82, 2.24) is 20.5 Å². The number of amides is 3. The Morgan fingerprint density at radius 3 is 2.44 bits per heavy atom. The Labute approximate surface area is 215 Å². The van der Waals surface area contributed by atoms with Crippen molar-refractivity contribution >= 4 is 40.6 Å². The fourth-order valence-electron chi connectivity index (χ4n) is 3.97. The minimum absolute atomic E-state index is 0.0541. The summed E-state index contributed by atoms with van der Waals surface area (Å²) in [6.07, 6.45) is -0.0541. The topological polar surface area (TPSA) is 121 Å². The van der Waals surface area contributed by atoms with Crippen molar-refractivity contribution in [3.8, 4) is 10.4 Å². The monoisotopic (exact) mass is 511 g/mol. The first kappa shape index (κ1) is 27.2. The van der Waals surface area contributed by atoms with E-state index in [0.717, 1.165) is 21.7 Å². The van der Waals surface area contributed by atoms with Crippen LogP contribution in [0, 0.1) is 12.3 Å². The highest BCUT2D eigenvalue weighted by molar-refractivity contribution is 7.13. The second-order valence-corrected chi connectivity index (χ2v) is 10.8. The van der Waals surface area contributed by atoms with E-state index in [4.69, 9.17) is 0 Å². The highest BCUT2D eigenvalue weighted by Gasteiger charge is 2.44. The normalized spacial score (nSPS) is 17.2. The number of aromatic nitrogens is 1. The average molecular weight is 512 g/mol. The lowest BCUT2D eigenvalue weighted by molar-refractivity contribution is -0.143. The Balaban J connectivity index is 1.70. The molecule has 1 aliphatic heterocycles. The molecule has 1 fully saturated rings. The number of Topliss-reactive ketones (excluding diaryl/α,β-unsaturated/α-hetero) is 1. The van der Waals surface area contributed by atoms with Crippen molar-refractivity contribution in [3.05, 3.63) is 41.0 Å². The van der Waals surface area contributed by atoms with Crippen molar-refractivity contribution in [2.45, 2.75) is 59.7 Å². The van der Waals surface area contributed by atoms with E-state index in [9.17, 15) is 19.2 Å². The molecule has 9 nitrogen and oxygen atoms in total. The molecule has 192 valence electrons. The van der Waals surface area contributed by atoms with Gasteiger partial charge in [-0.15, -0.1) is 11.3 Å². The fraction of sp³-hybridized carbons (Fsp3) is 0.462. The molecule has 1 aromatic heterocycles. The zero-order valence-electron chi connectivity index (χ0n) is 21.5. The molecule has 1 aromatic carbocycles. The van der Waals surface area contributed by atoms with Crippen LogP contribution in [0.4, 0.5) is 0 Å². The molecular formula is C26H33N5O4S. The van der Waals surface area contributed by atoms with Gasteiger partial charge in [0.15, 0.2) is 5.78 Å². The van der Waals surface area contributed by atoms with E-state index in [0.29, 0.717) is 0 Å². The summed E-state index contributed by atoms with van der Waals surface area (Å²) in [6.45, 7) is 9.07. The molecule has 1 saturated heterocycles. The van der Waals surface area contributed by atoms with E-state index >= 15 is 0 Å². The Hall–Kier alpha value is -3.40. The predicted molar refractivity (Wildman–Crippen MR) is 140 cm³/mol. The van der Waals surface area contributed by atoms with E-state index in [2.05, 4.69) is 20.6 Å². The molecule has 36 heavy (non-hydrogen) atoms. The second-order valence-electron chi connectivity index (χ2n) is 9.99. The number of aliphatic imine (C=N–C) groups is 1. The largest absolute Gasteiger partial charge is 0.350 e. The molecule has 0 aliphatic carbocycles. The van der Waals surface area contributed by atoms with Gasteiger partial charge in [0.25, 0.3) is 5.91 Å². The van der Waals surface area contributed by atoms with Crippen molar-refractivity contribution < 1.29 is 19.2 Å². The number of hydrogen-bond acceptors (Lipinski definition) is 7. The van der Waals surface area contributed by atoms with Gasteiger partial charge >= 0.3 is 0 Å². The van der Waals surface area contributed by atoms with Gasteiger partial charge in [0.1, 0.15) is 12.1 Å². The third-order valence-corrected chi connectivity index (χ3v) is 7.19. The zero-order valence-corrected chi connectivity index (χ0v) is 22.4. The number of hydrogen-bond donors (Lipinski definition) is 2. The molecule has 2 aromatic rings. The van der Waals surface area contributed by atoms with E-state index < -0.39 is 35.2 Å². The summed E-state index contributed by atoms with van der Waals surface area (Å²) in [5.41, 5.74) is 4.32. The molecule has 1 aliphatic rings. The Morgan fingerprint density at radius 1 is 1.22 bits per heavy atom. The molecule has 3 amide bonds.